The molecule has 1 N–H and O–H groups in total. The second kappa shape index (κ2) is 9.28. The molecule has 4 rings (SSSR count). The van der Waals surface area contributed by atoms with Crippen molar-refractivity contribution in [3.63, 3.8) is 0 Å². The number of amides is 1. The van der Waals surface area contributed by atoms with Crippen LogP contribution in [0.2, 0.25) is 0 Å². The SMILES string of the molecule is CCn1c2ccccc2c2cc(NC(=O)[C@@H](C)OC(=O)Cn3cc(C(F)(F)F)ccc3=O)ccc21. The second-order valence-electron chi connectivity index (χ2n) is 8.00. The van der Waals surface area contributed by atoms with Gasteiger partial charge in [-0.1, -0.05) is 18.2 Å². The summed E-state index contributed by atoms with van der Waals surface area (Å²) in [6.07, 6.45) is -5.37. The third-order valence-electron chi connectivity index (χ3n) is 5.64. The van der Waals surface area contributed by atoms with E-state index in [1.807, 2.05) is 43.3 Å². The first-order chi connectivity index (χ1) is 16.6. The molecule has 0 saturated heterocycles. The highest BCUT2D eigenvalue weighted by Gasteiger charge is 2.31. The number of hydrogen-bond acceptors (Lipinski definition) is 4. The molecule has 1 atom stereocenters. The molecule has 0 bridgehead atoms. The van der Waals surface area contributed by atoms with Crippen molar-refractivity contribution in [2.24, 2.45) is 0 Å². The number of esters is 1. The summed E-state index contributed by atoms with van der Waals surface area (Å²) in [7, 11) is 0. The van der Waals surface area contributed by atoms with Crippen LogP contribution in [0, 0.1) is 0 Å². The molecule has 0 radical (unpaired) electrons. The number of ether oxygens (including phenoxy) is 1. The highest BCUT2D eigenvalue weighted by Crippen LogP contribution is 2.31. The molecule has 1 amide bonds. The maximum atomic E-state index is 12.9. The van der Waals surface area contributed by atoms with E-state index < -0.39 is 41.8 Å². The largest absolute Gasteiger partial charge is 0.451 e. The van der Waals surface area contributed by atoms with Crippen LogP contribution >= 0.6 is 0 Å². The third-order valence-corrected chi connectivity index (χ3v) is 5.64. The van der Waals surface area contributed by atoms with Gasteiger partial charge in [0.15, 0.2) is 6.10 Å². The molecule has 0 unspecified atom stereocenters. The van der Waals surface area contributed by atoms with Gasteiger partial charge < -0.3 is 19.2 Å². The minimum atomic E-state index is -4.67. The number of para-hydroxylation sites is 1. The van der Waals surface area contributed by atoms with Gasteiger partial charge in [-0.3, -0.25) is 14.4 Å². The molecule has 0 aliphatic carbocycles. The third kappa shape index (κ3) is 4.91. The molecule has 4 aromatic rings. The van der Waals surface area contributed by atoms with Gasteiger partial charge in [-0.15, -0.1) is 0 Å². The number of rotatable bonds is 6. The number of aromatic nitrogens is 2. The van der Waals surface area contributed by atoms with E-state index in [0.717, 1.165) is 34.4 Å². The van der Waals surface area contributed by atoms with E-state index in [-0.39, 0.29) is 0 Å². The van der Waals surface area contributed by atoms with E-state index in [4.69, 9.17) is 4.74 Å². The average Bonchev–Trinajstić information content (AvgIpc) is 3.12. The Kier molecular flexibility index (Phi) is 6.38. The van der Waals surface area contributed by atoms with Crippen LogP contribution in [0.1, 0.15) is 19.4 Å². The fraction of sp³-hybridized carbons (Fsp3) is 0.240. The van der Waals surface area contributed by atoms with E-state index in [2.05, 4.69) is 9.88 Å². The Morgan fingerprint density at radius 1 is 1.03 bits per heavy atom. The molecule has 7 nitrogen and oxygen atoms in total. The van der Waals surface area contributed by atoms with Crippen LogP contribution in [-0.4, -0.2) is 27.1 Å². The van der Waals surface area contributed by atoms with Gasteiger partial charge in [0.25, 0.3) is 11.5 Å². The quantitative estimate of drug-likeness (QED) is 0.406. The van der Waals surface area contributed by atoms with Crippen molar-refractivity contribution >= 4 is 39.4 Å². The number of carbonyl (C=O) groups is 2. The normalized spacial score (nSPS) is 12.6. The van der Waals surface area contributed by atoms with Crippen LogP contribution in [0.25, 0.3) is 21.8 Å². The van der Waals surface area contributed by atoms with E-state index in [9.17, 15) is 27.6 Å². The first-order valence-electron chi connectivity index (χ1n) is 10.9. The van der Waals surface area contributed by atoms with Crippen LogP contribution in [0.4, 0.5) is 18.9 Å². The number of nitrogens with one attached hydrogen (secondary N) is 1. The fourth-order valence-electron chi connectivity index (χ4n) is 3.97. The number of hydrogen-bond donors (Lipinski definition) is 1. The molecule has 0 fully saturated rings. The van der Waals surface area contributed by atoms with E-state index >= 15 is 0 Å². The Bertz CT molecular complexity index is 1490. The van der Waals surface area contributed by atoms with Gasteiger partial charge in [-0.2, -0.15) is 13.2 Å². The van der Waals surface area contributed by atoms with Gasteiger partial charge in [0, 0.05) is 46.3 Å². The number of benzene rings is 2. The lowest BCUT2D eigenvalue weighted by atomic mass is 10.1. The molecule has 10 heteroatoms. The summed E-state index contributed by atoms with van der Waals surface area (Å²) in [5, 5.41) is 4.68. The van der Waals surface area contributed by atoms with Gasteiger partial charge in [0.1, 0.15) is 6.54 Å². The molecule has 0 aliphatic heterocycles. The molecule has 0 saturated carbocycles. The topological polar surface area (TPSA) is 82.3 Å². The van der Waals surface area contributed by atoms with Gasteiger partial charge in [0.05, 0.1) is 5.56 Å². The Balaban J connectivity index is 1.46. The van der Waals surface area contributed by atoms with Crippen LogP contribution in [0.3, 0.4) is 0 Å². The highest BCUT2D eigenvalue weighted by molar-refractivity contribution is 6.10. The number of aryl methyl sites for hydroxylation is 1. The van der Waals surface area contributed by atoms with Gasteiger partial charge in [0.2, 0.25) is 0 Å². The van der Waals surface area contributed by atoms with Crippen molar-refractivity contribution in [2.75, 3.05) is 5.32 Å². The van der Waals surface area contributed by atoms with Gasteiger partial charge in [-0.25, -0.2) is 0 Å². The number of carbonyl (C=O) groups excluding carboxylic acids is 2. The standard InChI is InChI=1S/C25H22F3N3O4/c1-3-31-20-7-5-4-6-18(20)19-12-17(9-10-21(19)31)29-24(34)15(2)35-23(33)14-30-13-16(25(26,27)28)8-11-22(30)32/h4-13,15H,3,14H2,1-2H3,(H,29,34)/t15-/m1/s1. The van der Waals surface area contributed by atoms with Gasteiger partial charge in [-0.05, 0) is 44.2 Å². The van der Waals surface area contributed by atoms with Gasteiger partial charge >= 0.3 is 12.1 Å². The molecule has 2 aromatic carbocycles. The maximum absolute atomic E-state index is 12.9. The van der Waals surface area contributed by atoms with Crippen LogP contribution in [0.5, 0.6) is 0 Å². The van der Waals surface area contributed by atoms with E-state index in [1.165, 1.54) is 6.92 Å². The number of anilines is 1. The number of fused-ring (bicyclic) bond motifs is 3. The average molecular weight is 485 g/mol. The summed E-state index contributed by atoms with van der Waals surface area (Å²) < 4.78 is 46.4. The Morgan fingerprint density at radius 3 is 2.46 bits per heavy atom. The van der Waals surface area contributed by atoms with E-state index in [0.29, 0.717) is 22.5 Å². The fourth-order valence-corrected chi connectivity index (χ4v) is 3.97. The molecular formula is C25H22F3N3O4. The Hall–Kier alpha value is -4.08. The number of pyridine rings is 1. The summed E-state index contributed by atoms with van der Waals surface area (Å²) in [6, 6.07) is 14.7. The van der Waals surface area contributed by atoms with Crippen molar-refractivity contribution in [3.05, 3.63) is 76.7 Å². The second-order valence-corrected chi connectivity index (χ2v) is 8.00. The monoisotopic (exact) mass is 485 g/mol. The van der Waals surface area contributed by atoms with Crippen molar-refractivity contribution in [3.8, 4) is 0 Å². The zero-order valence-electron chi connectivity index (χ0n) is 18.9. The maximum Gasteiger partial charge on any atom is 0.417 e. The van der Waals surface area contributed by atoms with Crippen molar-refractivity contribution in [2.45, 2.75) is 39.2 Å². The summed E-state index contributed by atoms with van der Waals surface area (Å²) >= 11 is 0. The first-order valence-corrected chi connectivity index (χ1v) is 10.9. The molecule has 35 heavy (non-hydrogen) atoms. The molecule has 2 heterocycles. The minimum Gasteiger partial charge on any atom is -0.451 e. The molecule has 0 aliphatic rings. The van der Waals surface area contributed by atoms with E-state index in [1.54, 1.807) is 6.07 Å². The lowest BCUT2D eigenvalue weighted by molar-refractivity contribution is -0.154. The first kappa shape index (κ1) is 24.1. The molecular weight excluding hydrogens is 463 g/mol. The van der Waals surface area contributed by atoms with Crippen LogP contribution < -0.4 is 10.9 Å². The zero-order chi connectivity index (χ0) is 25.3. The summed E-state index contributed by atoms with van der Waals surface area (Å²) in [5.74, 6) is -1.64. The molecule has 0 spiro atoms. The number of nitrogens with zero attached hydrogens (tertiary/aromatic N) is 2. The van der Waals surface area contributed by atoms with Crippen LogP contribution in [0.15, 0.2) is 65.6 Å². The summed E-state index contributed by atoms with van der Waals surface area (Å²) in [4.78, 5) is 36.6. The number of alkyl halides is 3. The Morgan fingerprint density at radius 2 is 1.74 bits per heavy atom. The highest BCUT2D eigenvalue weighted by atomic mass is 19.4. The summed E-state index contributed by atoms with van der Waals surface area (Å²) in [6.45, 7) is 3.40. The van der Waals surface area contributed by atoms with Crippen molar-refractivity contribution < 1.29 is 27.5 Å². The predicted molar refractivity (Wildman–Crippen MR) is 125 cm³/mol. The minimum absolute atomic E-state index is 0.499. The smallest absolute Gasteiger partial charge is 0.417 e. The lowest BCUT2D eigenvalue weighted by Gasteiger charge is -2.15. The number of halogens is 3. The zero-order valence-corrected chi connectivity index (χ0v) is 18.9. The Labute approximate surface area is 197 Å². The lowest BCUT2D eigenvalue weighted by Crippen LogP contribution is -2.33. The van der Waals surface area contributed by atoms with Crippen LogP contribution in [-0.2, 0) is 33.6 Å². The van der Waals surface area contributed by atoms with Crippen molar-refractivity contribution in [1.82, 2.24) is 9.13 Å². The van der Waals surface area contributed by atoms with Crippen molar-refractivity contribution in [1.29, 1.82) is 0 Å². The molecule has 2 aromatic heterocycles. The summed E-state index contributed by atoms with van der Waals surface area (Å²) in [5.41, 5.74) is 0.707. The predicted octanol–water partition coefficient (Wildman–Crippen LogP) is 4.57. The molecule has 182 valence electrons.